The molecule has 6 heteroatoms. The van der Waals surface area contributed by atoms with Gasteiger partial charge in [-0.3, -0.25) is 9.69 Å². The first-order valence-corrected chi connectivity index (χ1v) is 9.22. The van der Waals surface area contributed by atoms with Gasteiger partial charge in [0, 0.05) is 12.1 Å². The second-order valence-electron chi connectivity index (χ2n) is 6.69. The third-order valence-corrected chi connectivity index (χ3v) is 4.94. The average Bonchev–Trinajstić information content (AvgIpc) is 3.39. The highest BCUT2D eigenvalue weighted by Gasteiger charge is 2.25. The Morgan fingerprint density at radius 2 is 1.92 bits per heavy atom. The standard InChI is InChI=1S/C20H24N2O4/c23-17(15-5-6-19-20(12-15)26-11-10-25-19)14-21-13-16(18-4-3-9-24-18)22-7-1-2-8-22/h3-6,9,12,16,21H,1-2,7-8,10-11,13-14H2. The summed E-state index contributed by atoms with van der Waals surface area (Å²) in [7, 11) is 0. The van der Waals surface area contributed by atoms with Crippen molar-refractivity contribution in [3.8, 4) is 11.5 Å². The number of carbonyl (C=O) groups excluding carboxylic acids is 1. The maximum atomic E-state index is 12.5. The van der Waals surface area contributed by atoms with Crippen LogP contribution in [0.5, 0.6) is 11.5 Å². The van der Waals surface area contributed by atoms with Crippen molar-refractivity contribution in [2.45, 2.75) is 18.9 Å². The molecule has 26 heavy (non-hydrogen) atoms. The molecular weight excluding hydrogens is 332 g/mol. The van der Waals surface area contributed by atoms with Crippen LogP contribution in [0, 0.1) is 0 Å². The predicted octanol–water partition coefficient (Wildman–Crippen LogP) is 2.66. The maximum Gasteiger partial charge on any atom is 0.176 e. The van der Waals surface area contributed by atoms with E-state index in [2.05, 4.69) is 10.2 Å². The molecule has 6 nitrogen and oxygen atoms in total. The SMILES string of the molecule is O=C(CNCC(c1ccco1)N1CCCC1)c1ccc2c(c1)OCCO2. The molecule has 0 bridgehead atoms. The monoisotopic (exact) mass is 356 g/mol. The molecular formula is C20H24N2O4. The Morgan fingerprint density at radius 1 is 1.12 bits per heavy atom. The Hall–Kier alpha value is -2.31. The summed E-state index contributed by atoms with van der Waals surface area (Å²) in [5, 5.41) is 3.31. The number of ketones is 1. The lowest BCUT2D eigenvalue weighted by atomic mass is 10.1. The Balaban J connectivity index is 1.36. The molecule has 4 rings (SSSR count). The first-order valence-electron chi connectivity index (χ1n) is 9.22. The second kappa shape index (κ2) is 7.93. The van der Waals surface area contributed by atoms with Gasteiger partial charge in [0.15, 0.2) is 17.3 Å². The summed E-state index contributed by atoms with van der Waals surface area (Å²) >= 11 is 0. The second-order valence-corrected chi connectivity index (χ2v) is 6.69. The minimum atomic E-state index is 0.0431. The van der Waals surface area contributed by atoms with Crippen molar-refractivity contribution in [2.24, 2.45) is 0 Å². The number of carbonyl (C=O) groups is 1. The Morgan fingerprint density at radius 3 is 2.69 bits per heavy atom. The molecule has 1 unspecified atom stereocenters. The molecule has 1 fully saturated rings. The summed E-state index contributed by atoms with van der Waals surface area (Å²) in [5.41, 5.74) is 0.637. The Kier molecular flexibility index (Phi) is 5.22. The molecule has 1 atom stereocenters. The largest absolute Gasteiger partial charge is 0.486 e. The third kappa shape index (κ3) is 3.76. The molecule has 138 valence electrons. The molecule has 0 amide bonds. The molecule has 0 spiro atoms. The van der Waals surface area contributed by atoms with Crippen molar-refractivity contribution in [3.63, 3.8) is 0 Å². The zero-order valence-corrected chi connectivity index (χ0v) is 14.8. The van der Waals surface area contributed by atoms with Crippen LogP contribution in [0.25, 0.3) is 0 Å². The summed E-state index contributed by atoms with van der Waals surface area (Å²) < 4.78 is 16.7. The highest BCUT2D eigenvalue weighted by molar-refractivity contribution is 5.98. The van der Waals surface area contributed by atoms with Crippen LogP contribution in [-0.2, 0) is 0 Å². The van der Waals surface area contributed by atoms with E-state index in [4.69, 9.17) is 13.9 Å². The zero-order chi connectivity index (χ0) is 17.8. The van der Waals surface area contributed by atoms with Crippen molar-refractivity contribution in [2.75, 3.05) is 39.4 Å². The van der Waals surface area contributed by atoms with Crippen LogP contribution in [0.3, 0.4) is 0 Å². The number of rotatable bonds is 7. The van der Waals surface area contributed by atoms with Gasteiger partial charge in [-0.15, -0.1) is 0 Å². The van der Waals surface area contributed by atoms with Crippen LogP contribution in [0.1, 0.15) is 35.0 Å². The fourth-order valence-electron chi connectivity index (χ4n) is 3.59. The van der Waals surface area contributed by atoms with Crippen LogP contribution < -0.4 is 14.8 Å². The van der Waals surface area contributed by atoms with E-state index in [1.54, 1.807) is 24.5 Å². The predicted molar refractivity (Wildman–Crippen MR) is 96.9 cm³/mol. The number of nitrogens with zero attached hydrogens (tertiary/aromatic N) is 1. The van der Waals surface area contributed by atoms with Gasteiger partial charge in [-0.05, 0) is 56.3 Å². The number of hydrogen-bond acceptors (Lipinski definition) is 6. The molecule has 3 heterocycles. The smallest absolute Gasteiger partial charge is 0.176 e. The van der Waals surface area contributed by atoms with Crippen molar-refractivity contribution in [1.29, 1.82) is 0 Å². The van der Waals surface area contributed by atoms with Crippen LogP contribution in [0.4, 0.5) is 0 Å². The molecule has 1 N–H and O–H groups in total. The van der Waals surface area contributed by atoms with E-state index in [1.807, 2.05) is 12.1 Å². The molecule has 2 aromatic rings. The van der Waals surface area contributed by atoms with Gasteiger partial charge in [0.05, 0.1) is 18.8 Å². The summed E-state index contributed by atoms with van der Waals surface area (Å²) in [6.45, 7) is 4.18. The van der Waals surface area contributed by atoms with Crippen molar-refractivity contribution >= 4 is 5.78 Å². The van der Waals surface area contributed by atoms with Crippen LogP contribution in [-0.4, -0.2) is 50.1 Å². The quantitative estimate of drug-likeness (QED) is 0.770. The Labute approximate surface area is 153 Å². The van der Waals surface area contributed by atoms with Crippen LogP contribution in [0.2, 0.25) is 0 Å². The van der Waals surface area contributed by atoms with E-state index in [0.29, 0.717) is 36.8 Å². The lowest BCUT2D eigenvalue weighted by Crippen LogP contribution is -2.36. The van der Waals surface area contributed by atoms with Gasteiger partial charge in [0.1, 0.15) is 19.0 Å². The number of ether oxygens (including phenoxy) is 2. The summed E-state index contributed by atoms with van der Waals surface area (Å²) in [4.78, 5) is 14.9. The fraction of sp³-hybridized carbons (Fsp3) is 0.450. The summed E-state index contributed by atoms with van der Waals surface area (Å²) in [5.74, 6) is 2.34. The van der Waals surface area contributed by atoms with Crippen molar-refractivity contribution in [1.82, 2.24) is 10.2 Å². The van der Waals surface area contributed by atoms with E-state index in [0.717, 1.165) is 18.8 Å². The van der Waals surface area contributed by atoms with Crippen LogP contribution in [0.15, 0.2) is 41.0 Å². The number of Topliss-reactive ketones (excluding diaryl/α,β-unsaturated/α-hetero) is 1. The molecule has 1 aromatic carbocycles. The lowest BCUT2D eigenvalue weighted by Gasteiger charge is -2.26. The van der Waals surface area contributed by atoms with Crippen molar-refractivity contribution in [3.05, 3.63) is 47.9 Å². The molecule has 2 aliphatic heterocycles. The molecule has 1 saturated heterocycles. The lowest BCUT2D eigenvalue weighted by molar-refractivity contribution is 0.0985. The fourth-order valence-corrected chi connectivity index (χ4v) is 3.59. The number of nitrogens with one attached hydrogen (secondary N) is 1. The molecule has 0 aliphatic carbocycles. The topological polar surface area (TPSA) is 63.9 Å². The van der Waals surface area contributed by atoms with Gasteiger partial charge in [-0.2, -0.15) is 0 Å². The summed E-state index contributed by atoms with van der Waals surface area (Å²) in [6, 6.07) is 9.45. The first-order chi connectivity index (χ1) is 12.8. The normalized spacial score (nSPS) is 18.0. The molecule has 1 aromatic heterocycles. The molecule has 2 aliphatic rings. The number of benzene rings is 1. The highest BCUT2D eigenvalue weighted by atomic mass is 16.6. The highest BCUT2D eigenvalue weighted by Crippen LogP contribution is 2.31. The zero-order valence-electron chi connectivity index (χ0n) is 14.8. The van der Waals surface area contributed by atoms with Gasteiger partial charge in [-0.25, -0.2) is 0 Å². The first kappa shape index (κ1) is 17.1. The number of furan rings is 1. The number of fused-ring (bicyclic) bond motifs is 1. The minimum absolute atomic E-state index is 0.0431. The van der Waals surface area contributed by atoms with E-state index < -0.39 is 0 Å². The third-order valence-electron chi connectivity index (χ3n) is 4.94. The number of hydrogen-bond donors (Lipinski definition) is 1. The molecule has 0 radical (unpaired) electrons. The van der Waals surface area contributed by atoms with Gasteiger partial charge in [0.25, 0.3) is 0 Å². The minimum Gasteiger partial charge on any atom is -0.486 e. The van der Waals surface area contributed by atoms with E-state index >= 15 is 0 Å². The van der Waals surface area contributed by atoms with E-state index in [9.17, 15) is 4.79 Å². The van der Waals surface area contributed by atoms with Crippen molar-refractivity contribution < 1.29 is 18.7 Å². The van der Waals surface area contributed by atoms with Crippen LogP contribution >= 0.6 is 0 Å². The van der Waals surface area contributed by atoms with Gasteiger partial charge >= 0.3 is 0 Å². The van der Waals surface area contributed by atoms with Gasteiger partial charge in [0.2, 0.25) is 0 Å². The average molecular weight is 356 g/mol. The van der Waals surface area contributed by atoms with Gasteiger partial charge in [-0.1, -0.05) is 0 Å². The molecule has 0 saturated carbocycles. The van der Waals surface area contributed by atoms with Gasteiger partial charge < -0.3 is 19.2 Å². The number of likely N-dealkylation sites (tertiary alicyclic amines) is 1. The van der Waals surface area contributed by atoms with E-state index in [-0.39, 0.29) is 18.4 Å². The summed E-state index contributed by atoms with van der Waals surface area (Å²) in [6.07, 6.45) is 4.14. The van der Waals surface area contributed by atoms with E-state index in [1.165, 1.54) is 12.8 Å². The maximum absolute atomic E-state index is 12.5. The Bertz CT molecular complexity index is 738.